The third kappa shape index (κ3) is 4.85. The van der Waals surface area contributed by atoms with Crippen LogP contribution >= 0.6 is 7.60 Å². The molecule has 1 aromatic heterocycles. The van der Waals surface area contributed by atoms with Crippen molar-refractivity contribution in [2.45, 2.75) is 45.4 Å². The van der Waals surface area contributed by atoms with E-state index in [2.05, 4.69) is 4.98 Å². The van der Waals surface area contributed by atoms with E-state index in [4.69, 9.17) is 9.05 Å². The minimum absolute atomic E-state index is 0.224. The molecule has 0 aliphatic carbocycles. The van der Waals surface area contributed by atoms with Crippen LogP contribution in [0.2, 0.25) is 0 Å². The third-order valence-corrected chi connectivity index (χ3v) is 5.64. The van der Waals surface area contributed by atoms with E-state index in [1.807, 2.05) is 38.1 Å². The first-order valence-electron chi connectivity index (χ1n) is 8.48. The van der Waals surface area contributed by atoms with Gasteiger partial charge in [0.25, 0.3) is 0 Å². The van der Waals surface area contributed by atoms with Crippen LogP contribution in [0.4, 0.5) is 4.39 Å². The molecule has 0 amide bonds. The largest absolute Gasteiger partial charge is 0.369 e. The number of rotatable bonds is 10. The van der Waals surface area contributed by atoms with Crippen LogP contribution in [-0.2, 0) is 13.6 Å². The lowest BCUT2D eigenvalue weighted by atomic mass is 10.2. The van der Waals surface area contributed by atoms with Crippen LogP contribution in [0.25, 0.3) is 10.9 Å². The van der Waals surface area contributed by atoms with Crippen LogP contribution in [0.3, 0.4) is 0 Å². The monoisotopic (exact) mass is 353 g/mol. The Morgan fingerprint density at radius 2 is 1.75 bits per heavy atom. The lowest BCUT2D eigenvalue weighted by Crippen LogP contribution is -2.05. The number of unbranched alkanes of at least 4 members (excludes halogenated alkanes) is 2. The third-order valence-electron chi connectivity index (χ3n) is 3.70. The van der Waals surface area contributed by atoms with E-state index in [1.165, 1.54) is 6.20 Å². The number of aromatic nitrogens is 1. The molecule has 6 heteroatoms. The number of para-hydroxylation sites is 1. The molecule has 0 bridgehead atoms. The van der Waals surface area contributed by atoms with Crippen molar-refractivity contribution in [1.29, 1.82) is 0 Å². The van der Waals surface area contributed by atoms with Crippen molar-refractivity contribution in [3.63, 3.8) is 0 Å². The first-order valence-corrected chi connectivity index (χ1v) is 10.1. The fourth-order valence-corrected chi connectivity index (χ4v) is 3.85. The standard InChI is InChI=1S/C18H25FNO3P/c1-3-5-11-22-24(21,23-12-6-4-2)18(19)16-13-15-9-7-8-10-17(15)20-14-16/h7-10,13-14,18H,3-6,11-12H2,1-2H3. The van der Waals surface area contributed by atoms with E-state index in [1.54, 1.807) is 6.07 Å². The van der Waals surface area contributed by atoms with Crippen LogP contribution in [0.15, 0.2) is 36.5 Å². The normalized spacial score (nSPS) is 13.3. The fourth-order valence-electron chi connectivity index (χ4n) is 2.24. The predicted molar refractivity (Wildman–Crippen MR) is 94.9 cm³/mol. The fraction of sp³-hybridized carbons (Fsp3) is 0.500. The maximum absolute atomic E-state index is 15.0. The van der Waals surface area contributed by atoms with Crippen LogP contribution in [-0.4, -0.2) is 18.2 Å². The van der Waals surface area contributed by atoms with E-state index in [9.17, 15) is 4.57 Å². The quantitative estimate of drug-likeness (QED) is 0.386. The van der Waals surface area contributed by atoms with Gasteiger partial charge in [-0.05, 0) is 25.0 Å². The van der Waals surface area contributed by atoms with Gasteiger partial charge < -0.3 is 9.05 Å². The molecule has 0 radical (unpaired) electrons. The van der Waals surface area contributed by atoms with E-state index in [0.29, 0.717) is 12.8 Å². The van der Waals surface area contributed by atoms with Gasteiger partial charge in [-0.3, -0.25) is 9.55 Å². The topological polar surface area (TPSA) is 48.4 Å². The van der Waals surface area contributed by atoms with Crippen molar-refractivity contribution in [3.8, 4) is 0 Å². The molecule has 0 fully saturated rings. The minimum atomic E-state index is -3.88. The summed E-state index contributed by atoms with van der Waals surface area (Å²) < 4.78 is 38.7. The Morgan fingerprint density at radius 1 is 1.12 bits per heavy atom. The lowest BCUT2D eigenvalue weighted by molar-refractivity contribution is 0.173. The van der Waals surface area contributed by atoms with E-state index in [-0.39, 0.29) is 18.8 Å². The number of pyridine rings is 1. The van der Waals surface area contributed by atoms with Crippen LogP contribution in [0.5, 0.6) is 0 Å². The summed E-state index contributed by atoms with van der Waals surface area (Å²) in [6.07, 6.45) is 4.59. The summed E-state index contributed by atoms with van der Waals surface area (Å²) in [5.74, 6) is -1.83. The van der Waals surface area contributed by atoms with Crippen molar-refractivity contribution in [1.82, 2.24) is 4.98 Å². The summed E-state index contributed by atoms with van der Waals surface area (Å²) >= 11 is 0. The number of fused-ring (bicyclic) bond motifs is 1. The summed E-state index contributed by atoms with van der Waals surface area (Å²) in [5.41, 5.74) is 0.993. The van der Waals surface area contributed by atoms with Crippen molar-refractivity contribution >= 4 is 18.5 Å². The highest BCUT2D eigenvalue weighted by molar-refractivity contribution is 7.54. The molecule has 0 N–H and O–H groups in total. The molecule has 1 unspecified atom stereocenters. The second-order valence-corrected chi connectivity index (χ2v) is 7.76. The SMILES string of the molecule is CCCCOP(=O)(OCCCC)C(F)c1cnc2ccccc2c1. The van der Waals surface area contributed by atoms with E-state index in [0.717, 1.165) is 23.7 Å². The summed E-state index contributed by atoms with van der Waals surface area (Å²) in [6, 6.07) is 9.08. The van der Waals surface area contributed by atoms with Gasteiger partial charge in [0.1, 0.15) is 0 Å². The van der Waals surface area contributed by atoms with Crippen molar-refractivity contribution in [2.75, 3.05) is 13.2 Å². The average Bonchev–Trinajstić information content (AvgIpc) is 2.61. The number of halogens is 1. The predicted octanol–water partition coefficient (Wildman–Crippen LogP) is 6.03. The summed E-state index contributed by atoms with van der Waals surface area (Å²) in [7, 11) is -3.88. The number of alkyl halides is 1. The highest BCUT2D eigenvalue weighted by Gasteiger charge is 2.38. The Kier molecular flexibility index (Phi) is 7.35. The first-order chi connectivity index (χ1) is 11.6. The summed E-state index contributed by atoms with van der Waals surface area (Å²) in [4.78, 5) is 4.24. The maximum atomic E-state index is 15.0. The molecule has 2 aromatic rings. The molecule has 4 nitrogen and oxygen atoms in total. The van der Waals surface area contributed by atoms with Gasteiger partial charge in [0.2, 0.25) is 5.91 Å². The Hall–Kier alpha value is -1.29. The van der Waals surface area contributed by atoms with Gasteiger partial charge in [-0.2, -0.15) is 0 Å². The van der Waals surface area contributed by atoms with Crippen molar-refractivity contribution in [3.05, 3.63) is 42.1 Å². The van der Waals surface area contributed by atoms with Gasteiger partial charge in [0.05, 0.1) is 18.7 Å². The smallest absolute Gasteiger partial charge is 0.306 e. The molecular formula is C18H25FNO3P. The molecule has 1 heterocycles. The maximum Gasteiger partial charge on any atom is 0.369 e. The molecule has 0 saturated carbocycles. The second kappa shape index (κ2) is 9.26. The Morgan fingerprint density at radius 3 is 2.38 bits per heavy atom. The summed E-state index contributed by atoms with van der Waals surface area (Å²) in [5, 5.41) is 0.798. The summed E-state index contributed by atoms with van der Waals surface area (Å²) in [6.45, 7) is 4.43. The van der Waals surface area contributed by atoms with Crippen molar-refractivity contribution < 1.29 is 18.0 Å². The Balaban J connectivity index is 2.22. The number of hydrogen-bond acceptors (Lipinski definition) is 4. The molecule has 132 valence electrons. The zero-order valence-corrected chi connectivity index (χ0v) is 15.2. The first kappa shape index (κ1) is 19.0. The molecule has 2 rings (SSSR count). The molecule has 0 aliphatic heterocycles. The molecule has 0 saturated heterocycles. The number of nitrogens with zero attached hydrogens (tertiary/aromatic N) is 1. The zero-order chi connectivity index (χ0) is 17.4. The molecule has 24 heavy (non-hydrogen) atoms. The van der Waals surface area contributed by atoms with Gasteiger partial charge in [-0.15, -0.1) is 0 Å². The van der Waals surface area contributed by atoms with Gasteiger partial charge in [-0.1, -0.05) is 44.9 Å². The number of hydrogen-bond donors (Lipinski definition) is 0. The zero-order valence-electron chi connectivity index (χ0n) is 14.3. The highest BCUT2D eigenvalue weighted by Crippen LogP contribution is 2.62. The molecule has 0 aliphatic rings. The minimum Gasteiger partial charge on any atom is -0.306 e. The molecule has 1 atom stereocenters. The van der Waals surface area contributed by atoms with E-state index < -0.39 is 13.5 Å². The van der Waals surface area contributed by atoms with Crippen LogP contribution in [0.1, 0.15) is 51.0 Å². The number of benzene rings is 1. The Bertz CT molecular complexity index is 681. The van der Waals surface area contributed by atoms with Gasteiger partial charge in [0.15, 0.2) is 0 Å². The lowest BCUT2D eigenvalue weighted by Gasteiger charge is -2.22. The van der Waals surface area contributed by atoms with Crippen LogP contribution < -0.4 is 0 Å². The molecule has 1 aromatic carbocycles. The molecular weight excluding hydrogens is 328 g/mol. The van der Waals surface area contributed by atoms with Crippen molar-refractivity contribution in [2.24, 2.45) is 0 Å². The second-order valence-electron chi connectivity index (χ2n) is 5.71. The highest BCUT2D eigenvalue weighted by atomic mass is 31.2. The molecule has 0 spiro atoms. The average molecular weight is 353 g/mol. The Labute approximate surface area is 142 Å². The van der Waals surface area contributed by atoms with Gasteiger partial charge in [0, 0.05) is 17.1 Å². The van der Waals surface area contributed by atoms with Gasteiger partial charge >= 0.3 is 7.60 Å². The van der Waals surface area contributed by atoms with Crippen LogP contribution in [0, 0.1) is 0 Å². The van der Waals surface area contributed by atoms with Gasteiger partial charge in [-0.25, -0.2) is 4.39 Å². The van der Waals surface area contributed by atoms with E-state index >= 15 is 4.39 Å².